The highest BCUT2D eigenvalue weighted by Crippen LogP contribution is 2.47. The molecular formula is C32H28F3N3O4S. The lowest BCUT2D eigenvalue weighted by molar-refractivity contribution is -0.136. The van der Waals surface area contributed by atoms with Gasteiger partial charge in [0.1, 0.15) is 23.1 Å². The quantitative estimate of drug-likeness (QED) is 0.155. The minimum Gasteiger partial charge on any atom is -0.490 e. The van der Waals surface area contributed by atoms with E-state index in [2.05, 4.69) is 15.0 Å². The van der Waals surface area contributed by atoms with Gasteiger partial charge in [0.2, 0.25) is 5.82 Å². The normalized spacial score (nSPS) is 18.0. The van der Waals surface area contributed by atoms with Gasteiger partial charge < -0.3 is 24.5 Å². The second kappa shape index (κ2) is 11.0. The van der Waals surface area contributed by atoms with Gasteiger partial charge >= 0.3 is 5.97 Å². The van der Waals surface area contributed by atoms with Crippen LogP contribution in [0, 0.1) is 17.5 Å². The molecule has 0 amide bonds. The van der Waals surface area contributed by atoms with E-state index in [9.17, 15) is 14.3 Å². The summed E-state index contributed by atoms with van der Waals surface area (Å²) in [6, 6.07) is 11.3. The molecule has 43 heavy (non-hydrogen) atoms. The molecule has 0 aliphatic carbocycles. The summed E-state index contributed by atoms with van der Waals surface area (Å²) in [7, 11) is 0. The number of aromatic amines is 2. The van der Waals surface area contributed by atoms with Crippen LogP contribution in [0.5, 0.6) is 17.2 Å². The lowest BCUT2D eigenvalue weighted by Crippen LogP contribution is -2.36. The van der Waals surface area contributed by atoms with E-state index in [1.54, 1.807) is 18.5 Å². The minimum atomic E-state index is -1.14. The number of ether oxygens (including phenoxy) is 2. The van der Waals surface area contributed by atoms with Gasteiger partial charge in [0, 0.05) is 40.9 Å². The Kier molecular flexibility index (Phi) is 7.37. The molecule has 7 nitrogen and oxygen atoms in total. The lowest BCUT2D eigenvalue weighted by atomic mass is 9.73. The van der Waals surface area contributed by atoms with Gasteiger partial charge in [-0.15, -0.1) is 11.8 Å². The van der Waals surface area contributed by atoms with Gasteiger partial charge in [-0.1, -0.05) is 18.2 Å². The molecule has 1 aliphatic rings. The smallest absolute Gasteiger partial charge is 0.303 e. The Balaban J connectivity index is 1.36. The molecule has 0 spiro atoms. The molecule has 0 bridgehead atoms. The number of thioether (sulfide) groups is 1. The molecule has 0 saturated heterocycles. The van der Waals surface area contributed by atoms with Crippen LogP contribution in [0.15, 0.2) is 59.8 Å². The van der Waals surface area contributed by atoms with E-state index in [-0.39, 0.29) is 40.9 Å². The van der Waals surface area contributed by atoms with E-state index < -0.39 is 28.8 Å². The molecule has 2 atom stereocenters. The first-order valence-electron chi connectivity index (χ1n) is 13.7. The number of carboxylic acid groups (broad SMARTS) is 1. The van der Waals surface area contributed by atoms with Crippen molar-refractivity contribution in [3.05, 3.63) is 89.1 Å². The molecule has 5 aromatic rings. The van der Waals surface area contributed by atoms with Crippen LogP contribution in [-0.4, -0.2) is 38.4 Å². The predicted octanol–water partition coefficient (Wildman–Crippen LogP) is 7.98. The number of rotatable bonds is 8. The third kappa shape index (κ3) is 5.01. The topological polar surface area (TPSA) is 100 Å². The molecule has 11 heteroatoms. The van der Waals surface area contributed by atoms with Crippen LogP contribution in [0.25, 0.3) is 22.3 Å². The van der Waals surface area contributed by atoms with E-state index in [4.69, 9.17) is 9.47 Å². The van der Waals surface area contributed by atoms with Gasteiger partial charge in [0.25, 0.3) is 0 Å². The third-order valence-corrected chi connectivity index (χ3v) is 8.72. The summed E-state index contributed by atoms with van der Waals surface area (Å²) >= 11 is 1.21. The molecule has 0 saturated carbocycles. The maximum absolute atomic E-state index is 15.2. The number of hydrogen-bond acceptors (Lipinski definition) is 5. The second-order valence-electron chi connectivity index (χ2n) is 10.8. The Labute approximate surface area is 249 Å². The maximum atomic E-state index is 15.2. The summed E-state index contributed by atoms with van der Waals surface area (Å²) in [5, 5.41) is 9.68. The number of halogens is 3. The Morgan fingerprint density at radius 1 is 1.21 bits per heavy atom. The monoisotopic (exact) mass is 607 g/mol. The molecule has 222 valence electrons. The first kappa shape index (κ1) is 28.7. The number of aryl methyl sites for hydroxylation is 1. The number of hydrogen-bond donors (Lipinski definition) is 3. The fourth-order valence-electron chi connectivity index (χ4n) is 5.85. The van der Waals surface area contributed by atoms with Gasteiger partial charge in [0.05, 0.1) is 22.1 Å². The summed E-state index contributed by atoms with van der Waals surface area (Å²) in [5.41, 5.74) is 1.95. The summed E-state index contributed by atoms with van der Waals surface area (Å²) in [4.78, 5) is 22.1. The van der Waals surface area contributed by atoms with Crippen molar-refractivity contribution >= 4 is 28.6 Å². The van der Waals surface area contributed by atoms with Crippen LogP contribution >= 0.6 is 11.8 Å². The number of nitrogens with zero attached hydrogens (tertiary/aromatic N) is 1. The summed E-state index contributed by atoms with van der Waals surface area (Å²) < 4.78 is 57.1. The Morgan fingerprint density at radius 2 is 2.02 bits per heavy atom. The lowest BCUT2D eigenvalue weighted by Gasteiger charge is -2.39. The van der Waals surface area contributed by atoms with E-state index >= 15 is 8.78 Å². The zero-order valence-corrected chi connectivity index (χ0v) is 24.4. The highest BCUT2D eigenvalue weighted by atomic mass is 32.2. The van der Waals surface area contributed by atoms with Crippen molar-refractivity contribution in [2.24, 2.45) is 0 Å². The molecule has 6 rings (SSSR count). The van der Waals surface area contributed by atoms with Gasteiger partial charge in [-0.2, -0.15) is 4.39 Å². The summed E-state index contributed by atoms with van der Waals surface area (Å²) in [6.07, 6.45) is 5.63. The fourth-order valence-corrected chi connectivity index (χ4v) is 6.56. The van der Waals surface area contributed by atoms with Crippen LogP contribution in [0.4, 0.5) is 13.2 Å². The van der Waals surface area contributed by atoms with E-state index in [0.29, 0.717) is 28.9 Å². The number of aromatic nitrogens is 3. The van der Waals surface area contributed by atoms with Crippen molar-refractivity contribution in [2.75, 3.05) is 6.26 Å². The molecule has 0 fully saturated rings. The number of fused-ring (bicyclic) bond motifs is 2. The van der Waals surface area contributed by atoms with Crippen molar-refractivity contribution in [3.63, 3.8) is 0 Å². The molecule has 0 radical (unpaired) electrons. The molecule has 3 N–H and O–H groups in total. The van der Waals surface area contributed by atoms with Crippen LogP contribution < -0.4 is 9.47 Å². The average molecular weight is 608 g/mol. The van der Waals surface area contributed by atoms with Crippen LogP contribution in [0.1, 0.15) is 43.5 Å². The van der Waals surface area contributed by atoms with E-state index in [0.717, 1.165) is 16.8 Å². The number of nitrogens with one attached hydrogen (secondary N) is 2. The predicted molar refractivity (Wildman–Crippen MR) is 158 cm³/mol. The highest BCUT2D eigenvalue weighted by molar-refractivity contribution is 7.99. The van der Waals surface area contributed by atoms with Crippen molar-refractivity contribution < 1.29 is 32.5 Å². The first-order chi connectivity index (χ1) is 20.6. The average Bonchev–Trinajstić information content (AvgIpc) is 3.67. The van der Waals surface area contributed by atoms with Crippen LogP contribution in [0.3, 0.4) is 0 Å². The van der Waals surface area contributed by atoms with Crippen molar-refractivity contribution in [1.29, 1.82) is 0 Å². The number of benzene rings is 3. The number of para-hydroxylation sites is 1. The van der Waals surface area contributed by atoms with E-state index in [1.807, 2.05) is 32.0 Å². The summed E-state index contributed by atoms with van der Waals surface area (Å²) in [5.74, 6) is -2.96. The number of H-pyrrole nitrogens is 2. The van der Waals surface area contributed by atoms with Crippen molar-refractivity contribution in [3.8, 4) is 28.6 Å². The number of imidazole rings is 1. The maximum Gasteiger partial charge on any atom is 0.303 e. The van der Waals surface area contributed by atoms with Gasteiger partial charge in [-0.3, -0.25) is 4.79 Å². The van der Waals surface area contributed by atoms with Gasteiger partial charge in [0.15, 0.2) is 11.6 Å². The largest absolute Gasteiger partial charge is 0.490 e. The molecule has 3 heterocycles. The van der Waals surface area contributed by atoms with Crippen molar-refractivity contribution in [1.82, 2.24) is 15.0 Å². The van der Waals surface area contributed by atoms with Gasteiger partial charge in [-0.25, -0.2) is 13.8 Å². The number of carboxylic acids is 1. The second-order valence-corrected chi connectivity index (χ2v) is 11.6. The zero-order valence-electron chi connectivity index (χ0n) is 23.6. The number of carbonyl (C=O) groups is 1. The van der Waals surface area contributed by atoms with Crippen LogP contribution in [-0.2, 0) is 16.6 Å². The fraction of sp³-hybridized carbons (Fsp3) is 0.250. The standard InChI is InChI=1S/C32H28F3N3O4S/c1-16-14-32(2,21-6-4-5-17(28(21)41-16)7-10-24(39)40)23-15-37-31(38-23)20-13-18(8-9-22(20)33)42-29-26(35)25(34)27-19(11-12-36-27)30(29)43-3/h4-6,8-9,11-13,15-16,36H,7,10,14H2,1-3H3,(H,37,38)(H,39,40)/t16-,32+/m1/s1. The minimum absolute atomic E-state index is 0.0230. The Hall–Kier alpha value is -4.38. The Morgan fingerprint density at radius 3 is 2.79 bits per heavy atom. The Bertz CT molecular complexity index is 1870. The van der Waals surface area contributed by atoms with Gasteiger partial charge in [-0.05, 0) is 62.8 Å². The third-order valence-electron chi connectivity index (χ3n) is 7.91. The van der Waals surface area contributed by atoms with Crippen molar-refractivity contribution in [2.45, 2.75) is 49.5 Å². The SMILES string of the molecule is CSc1c(Oc2ccc(F)c(-c3ncc([C@@]4(C)C[C@@H](C)Oc5c(CCC(=O)O)cccc54)[nH]3)c2)c(F)c(F)c2[nH]ccc12. The molecular weight excluding hydrogens is 579 g/mol. The summed E-state index contributed by atoms with van der Waals surface area (Å²) in [6.45, 7) is 3.99. The molecule has 1 aliphatic heterocycles. The molecule has 0 unspecified atom stereocenters. The molecule has 2 aromatic heterocycles. The zero-order chi connectivity index (χ0) is 30.5. The van der Waals surface area contributed by atoms with Crippen LogP contribution in [0.2, 0.25) is 0 Å². The number of aliphatic carboxylic acids is 1. The first-order valence-corrected chi connectivity index (χ1v) is 14.9. The van der Waals surface area contributed by atoms with E-state index in [1.165, 1.54) is 36.2 Å². The highest BCUT2D eigenvalue weighted by Gasteiger charge is 2.40. The molecule has 3 aromatic carbocycles.